The lowest BCUT2D eigenvalue weighted by Gasteiger charge is -2.45. The molecule has 2 heteroatoms. The molecule has 2 atom stereocenters. The molecule has 18 heavy (non-hydrogen) atoms. The fourth-order valence-electron chi connectivity index (χ4n) is 3.79. The highest BCUT2D eigenvalue weighted by molar-refractivity contribution is 4.93. The third-order valence-electron chi connectivity index (χ3n) is 5.11. The van der Waals surface area contributed by atoms with E-state index in [4.69, 9.17) is 5.73 Å². The first kappa shape index (κ1) is 16.0. The van der Waals surface area contributed by atoms with E-state index in [2.05, 4.69) is 20.8 Å². The molecule has 0 heterocycles. The zero-order valence-electron chi connectivity index (χ0n) is 12.6. The van der Waals surface area contributed by atoms with Crippen molar-refractivity contribution in [1.82, 2.24) is 0 Å². The van der Waals surface area contributed by atoms with Crippen LogP contribution in [0.15, 0.2) is 0 Å². The van der Waals surface area contributed by atoms with Crippen molar-refractivity contribution < 1.29 is 5.11 Å². The summed E-state index contributed by atoms with van der Waals surface area (Å²) in [5.41, 5.74) is 6.05. The third-order valence-corrected chi connectivity index (χ3v) is 5.11. The van der Waals surface area contributed by atoms with Gasteiger partial charge in [0.1, 0.15) is 0 Å². The topological polar surface area (TPSA) is 46.2 Å². The Bertz CT molecular complexity index is 221. The molecule has 0 amide bonds. The van der Waals surface area contributed by atoms with Crippen LogP contribution in [0.3, 0.4) is 0 Å². The number of hydrogen-bond acceptors (Lipinski definition) is 2. The summed E-state index contributed by atoms with van der Waals surface area (Å²) in [4.78, 5) is 0. The molecule has 2 unspecified atom stereocenters. The van der Waals surface area contributed by atoms with Crippen LogP contribution in [-0.4, -0.2) is 17.8 Å². The molecule has 3 N–H and O–H groups in total. The van der Waals surface area contributed by atoms with Gasteiger partial charge in [-0.2, -0.15) is 0 Å². The van der Waals surface area contributed by atoms with Crippen LogP contribution in [0.4, 0.5) is 0 Å². The van der Waals surface area contributed by atoms with Crippen LogP contribution in [0.5, 0.6) is 0 Å². The van der Waals surface area contributed by atoms with Gasteiger partial charge in [0, 0.05) is 12.0 Å². The molecule has 1 fully saturated rings. The lowest BCUT2D eigenvalue weighted by Crippen LogP contribution is -2.47. The second-order valence-corrected chi connectivity index (χ2v) is 6.51. The minimum absolute atomic E-state index is 0.0127. The van der Waals surface area contributed by atoms with Crippen LogP contribution < -0.4 is 5.73 Å². The molecule has 0 aliphatic heterocycles. The van der Waals surface area contributed by atoms with Gasteiger partial charge in [-0.1, -0.05) is 40.0 Å². The minimum atomic E-state index is -0.204. The van der Waals surface area contributed by atoms with E-state index in [1.165, 1.54) is 25.7 Å². The molecule has 0 radical (unpaired) electrons. The van der Waals surface area contributed by atoms with E-state index in [1.54, 1.807) is 0 Å². The van der Waals surface area contributed by atoms with Crippen molar-refractivity contribution in [2.75, 3.05) is 6.54 Å². The number of rotatable bonds is 7. The zero-order valence-corrected chi connectivity index (χ0v) is 12.6. The molecule has 0 aromatic carbocycles. The van der Waals surface area contributed by atoms with Crippen LogP contribution >= 0.6 is 0 Å². The van der Waals surface area contributed by atoms with E-state index in [1.807, 2.05) is 0 Å². The summed E-state index contributed by atoms with van der Waals surface area (Å²) in [6.45, 7) is 7.30. The Morgan fingerprint density at radius 1 is 1.22 bits per heavy atom. The Kier molecular flexibility index (Phi) is 6.65. The van der Waals surface area contributed by atoms with Crippen molar-refractivity contribution in [2.24, 2.45) is 23.0 Å². The van der Waals surface area contributed by atoms with E-state index in [0.717, 1.165) is 31.6 Å². The largest absolute Gasteiger partial charge is 0.392 e. The summed E-state index contributed by atoms with van der Waals surface area (Å²) >= 11 is 0. The van der Waals surface area contributed by atoms with Gasteiger partial charge in [-0.25, -0.2) is 0 Å². The van der Waals surface area contributed by atoms with Gasteiger partial charge < -0.3 is 10.8 Å². The number of nitrogens with two attached hydrogens (primary N) is 1. The monoisotopic (exact) mass is 255 g/mol. The lowest BCUT2D eigenvalue weighted by atomic mass is 9.64. The Balaban J connectivity index is 2.59. The molecular formula is C16H33NO. The van der Waals surface area contributed by atoms with Gasteiger partial charge in [0.15, 0.2) is 0 Å². The maximum absolute atomic E-state index is 10.7. The van der Waals surface area contributed by atoms with E-state index >= 15 is 0 Å². The van der Waals surface area contributed by atoms with Crippen LogP contribution in [0.2, 0.25) is 0 Å². The molecule has 1 rings (SSSR count). The molecule has 1 aliphatic rings. The fraction of sp³-hybridized carbons (Fsp3) is 1.00. The summed E-state index contributed by atoms with van der Waals surface area (Å²) in [6.07, 6.45) is 9.48. The first-order valence-corrected chi connectivity index (χ1v) is 7.97. The molecule has 0 aromatic heterocycles. The Labute approximate surface area is 113 Å². The van der Waals surface area contributed by atoms with E-state index in [-0.39, 0.29) is 11.5 Å². The number of hydrogen-bond donors (Lipinski definition) is 2. The predicted octanol–water partition coefficient (Wildman–Crippen LogP) is 3.72. The minimum Gasteiger partial charge on any atom is -0.392 e. The van der Waals surface area contributed by atoms with Crippen molar-refractivity contribution in [3.05, 3.63) is 0 Å². The maximum atomic E-state index is 10.7. The van der Waals surface area contributed by atoms with Crippen LogP contribution in [0.25, 0.3) is 0 Å². The first-order valence-electron chi connectivity index (χ1n) is 7.97. The zero-order chi connectivity index (χ0) is 13.6. The highest BCUT2D eigenvalue weighted by atomic mass is 16.3. The van der Waals surface area contributed by atoms with Crippen molar-refractivity contribution in [1.29, 1.82) is 0 Å². The van der Waals surface area contributed by atoms with Gasteiger partial charge in [0.05, 0.1) is 6.10 Å². The average Bonchev–Trinajstić information content (AvgIpc) is 2.40. The van der Waals surface area contributed by atoms with Crippen LogP contribution in [0, 0.1) is 17.3 Å². The average molecular weight is 255 g/mol. The molecule has 0 spiro atoms. The quantitative estimate of drug-likeness (QED) is 0.728. The maximum Gasteiger partial charge on any atom is 0.0633 e. The van der Waals surface area contributed by atoms with Gasteiger partial charge in [0.2, 0.25) is 0 Å². The van der Waals surface area contributed by atoms with E-state index in [9.17, 15) is 5.11 Å². The third kappa shape index (κ3) is 3.71. The summed E-state index contributed by atoms with van der Waals surface area (Å²) < 4.78 is 0. The SMILES string of the molecule is CCCC1CCC(CN)(C(O)C(C)CCC)CC1. The normalized spacial score (nSPS) is 32.2. The van der Waals surface area contributed by atoms with Gasteiger partial charge in [0.25, 0.3) is 0 Å². The molecule has 108 valence electrons. The summed E-state index contributed by atoms with van der Waals surface area (Å²) in [5.74, 6) is 1.27. The van der Waals surface area contributed by atoms with Crippen molar-refractivity contribution >= 4 is 0 Å². The Morgan fingerprint density at radius 2 is 1.83 bits per heavy atom. The highest BCUT2D eigenvalue weighted by Gasteiger charge is 2.41. The Morgan fingerprint density at radius 3 is 2.28 bits per heavy atom. The van der Waals surface area contributed by atoms with Crippen LogP contribution in [-0.2, 0) is 0 Å². The molecular weight excluding hydrogens is 222 g/mol. The summed E-state index contributed by atoms with van der Waals surface area (Å²) in [6, 6.07) is 0. The standard InChI is InChI=1S/C16H33NO/c1-4-6-13(3)15(18)16(12-17)10-8-14(7-5-2)9-11-16/h13-15,18H,4-12,17H2,1-3H3. The van der Waals surface area contributed by atoms with E-state index < -0.39 is 0 Å². The van der Waals surface area contributed by atoms with Gasteiger partial charge >= 0.3 is 0 Å². The summed E-state index contributed by atoms with van der Waals surface area (Å²) in [5, 5.41) is 10.7. The number of aliphatic hydroxyl groups excluding tert-OH is 1. The van der Waals surface area contributed by atoms with Crippen molar-refractivity contribution in [2.45, 2.75) is 78.2 Å². The summed E-state index contributed by atoms with van der Waals surface area (Å²) in [7, 11) is 0. The van der Waals surface area contributed by atoms with Gasteiger partial charge in [-0.05, 0) is 43.9 Å². The van der Waals surface area contributed by atoms with Crippen molar-refractivity contribution in [3.8, 4) is 0 Å². The molecule has 2 nitrogen and oxygen atoms in total. The predicted molar refractivity (Wildman–Crippen MR) is 78.4 cm³/mol. The second kappa shape index (κ2) is 7.49. The lowest BCUT2D eigenvalue weighted by molar-refractivity contribution is -0.0427. The van der Waals surface area contributed by atoms with Gasteiger partial charge in [-0.3, -0.25) is 0 Å². The molecule has 0 saturated heterocycles. The van der Waals surface area contributed by atoms with Crippen molar-refractivity contribution in [3.63, 3.8) is 0 Å². The Hall–Kier alpha value is -0.0800. The number of aliphatic hydroxyl groups is 1. The molecule has 1 aliphatic carbocycles. The van der Waals surface area contributed by atoms with Crippen LogP contribution in [0.1, 0.15) is 72.1 Å². The molecule has 1 saturated carbocycles. The van der Waals surface area contributed by atoms with Gasteiger partial charge in [-0.15, -0.1) is 0 Å². The smallest absolute Gasteiger partial charge is 0.0633 e. The molecule has 0 bridgehead atoms. The fourth-order valence-corrected chi connectivity index (χ4v) is 3.79. The second-order valence-electron chi connectivity index (χ2n) is 6.51. The van der Waals surface area contributed by atoms with E-state index in [0.29, 0.717) is 12.5 Å². The molecule has 0 aromatic rings. The first-order chi connectivity index (χ1) is 8.59. The highest BCUT2D eigenvalue weighted by Crippen LogP contribution is 2.44.